The zero-order valence-electron chi connectivity index (χ0n) is 15.0. The summed E-state index contributed by atoms with van der Waals surface area (Å²) in [4.78, 5) is 4.64. The third-order valence-corrected chi connectivity index (χ3v) is 5.06. The van der Waals surface area contributed by atoms with Gasteiger partial charge in [0, 0.05) is 44.3 Å². The molecule has 1 aliphatic heterocycles. The normalized spacial score (nSPS) is 19.8. The molecule has 1 aromatic rings. The quantitative estimate of drug-likeness (QED) is 0.501. The Labute approximate surface area is 150 Å². The highest BCUT2D eigenvalue weighted by atomic mass is 32.2. The highest BCUT2D eigenvalue weighted by molar-refractivity contribution is 7.90. The summed E-state index contributed by atoms with van der Waals surface area (Å²) in [6.07, 6.45) is 5.27. The maximum absolute atomic E-state index is 11.3. The van der Waals surface area contributed by atoms with Crippen molar-refractivity contribution in [1.82, 2.24) is 10.6 Å². The smallest absolute Gasteiger partial charge is 0.191 e. The van der Waals surface area contributed by atoms with Crippen LogP contribution in [0.25, 0.3) is 0 Å². The molecule has 1 saturated heterocycles. The van der Waals surface area contributed by atoms with Crippen LogP contribution in [0.1, 0.15) is 25.5 Å². The Balaban J connectivity index is 1.84. The van der Waals surface area contributed by atoms with Crippen molar-refractivity contribution in [2.45, 2.75) is 32.2 Å². The van der Waals surface area contributed by atoms with Crippen LogP contribution in [0, 0.1) is 5.92 Å². The van der Waals surface area contributed by atoms with Gasteiger partial charge in [-0.2, -0.15) is 0 Å². The van der Waals surface area contributed by atoms with Crippen LogP contribution in [0.3, 0.4) is 0 Å². The van der Waals surface area contributed by atoms with Gasteiger partial charge in [-0.25, -0.2) is 8.42 Å². The van der Waals surface area contributed by atoms with Crippen LogP contribution >= 0.6 is 0 Å². The minimum absolute atomic E-state index is 0.0180. The fourth-order valence-electron chi connectivity index (χ4n) is 2.56. The van der Waals surface area contributed by atoms with Crippen LogP contribution in [-0.4, -0.2) is 58.7 Å². The van der Waals surface area contributed by atoms with E-state index in [0.29, 0.717) is 31.4 Å². The Morgan fingerprint density at radius 2 is 2.32 bits per heavy atom. The van der Waals surface area contributed by atoms with Gasteiger partial charge in [0.15, 0.2) is 5.96 Å². The lowest BCUT2D eigenvalue weighted by molar-refractivity contribution is 0.187. The van der Waals surface area contributed by atoms with Gasteiger partial charge < -0.3 is 19.8 Å². The lowest BCUT2D eigenvalue weighted by Gasteiger charge is -2.18. The number of guanidine groups is 1. The predicted octanol–water partition coefficient (Wildman–Crippen LogP) is 1.22. The van der Waals surface area contributed by atoms with Crippen LogP contribution in [0.4, 0.5) is 0 Å². The third-order valence-electron chi connectivity index (χ3n) is 4.08. The molecule has 1 aromatic heterocycles. The lowest BCUT2D eigenvalue weighted by Crippen LogP contribution is -2.43. The second-order valence-corrected chi connectivity index (χ2v) is 8.90. The second kappa shape index (κ2) is 9.82. The van der Waals surface area contributed by atoms with Crippen molar-refractivity contribution in [3.63, 3.8) is 0 Å². The van der Waals surface area contributed by atoms with Gasteiger partial charge in [-0.3, -0.25) is 4.99 Å². The SMILES string of the molecule is CC(CCS(C)(=O)=O)NC(=NCC1CCOC1)NCCc1ccco1. The number of aliphatic imine (C=N–C) groups is 1. The number of rotatable bonds is 9. The van der Waals surface area contributed by atoms with E-state index in [9.17, 15) is 8.42 Å². The number of hydrogen-bond donors (Lipinski definition) is 2. The molecule has 0 aliphatic carbocycles. The number of ether oxygens (including phenoxy) is 1. The molecule has 0 bridgehead atoms. The van der Waals surface area contributed by atoms with Crippen LogP contribution in [-0.2, 0) is 21.0 Å². The van der Waals surface area contributed by atoms with Gasteiger partial charge in [0.2, 0.25) is 0 Å². The molecule has 25 heavy (non-hydrogen) atoms. The van der Waals surface area contributed by atoms with Crippen molar-refractivity contribution >= 4 is 15.8 Å². The largest absolute Gasteiger partial charge is 0.469 e. The van der Waals surface area contributed by atoms with Crippen molar-refractivity contribution in [1.29, 1.82) is 0 Å². The van der Waals surface area contributed by atoms with Crippen molar-refractivity contribution in [3.8, 4) is 0 Å². The summed E-state index contributed by atoms with van der Waals surface area (Å²) in [5.74, 6) is 2.24. The number of hydrogen-bond acceptors (Lipinski definition) is 5. The number of sulfone groups is 1. The molecule has 0 radical (unpaired) electrons. The fourth-order valence-corrected chi connectivity index (χ4v) is 3.34. The monoisotopic (exact) mass is 371 g/mol. The summed E-state index contributed by atoms with van der Waals surface area (Å²) in [7, 11) is -2.96. The van der Waals surface area contributed by atoms with Crippen molar-refractivity contribution < 1.29 is 17.6 Å². The first-order chi connectivity index (χ1) is 11.9. The molecule has 2 N–H and O–H groups in total. The number of furan rings is 1. The standard InChI is InChI=1S/C17H29N3O4S/c1-14(7-11-25(2,21)22)20-17(19-12-15-6-10-23-13-15)18-8-5-16-4-3-9-24-16/h3-4,9,14-15H,5-8,10-13H2,1-2H3,(H2,18,19,20). The predicted molar refractivity (Wildman–Crippen MR) is 98.6 cm³/mol. The van der Waals surface area contributed by atoms with Gasteiger partial charge in [-0.05, 0) is 31.9 Å². The number of nitrogens with zero attached hydrogens (tertiary/aromatic N) is 1. The fraction of sp³-hybridized carbons (Fsp3) is 0.706. The average molecular weight is 372 g/mol. The van der Waals surface area contributed by atoms with E-state index < -0.39 is 9.84 Å². The molecule has 7 nitrogen and oxygen atoms in total. The van der Waals surface area contributed by atoms with E-state index in [1.807, 2.05) is 19.1 Å². The third kappa shape index (κ3) is 8.40. The summed E-state index contributed by atoms with van der Waals surface area (Å²) in [6, 6.07) is 3.83. The molecule has 2 rings (SSSR count). The van der Waals surface area contributed by atoms with Crippen molar-refractivity contribution in [2.75, 3.05) is 38.3 Å². The van der Waals surface area contributed by atoms with Crippen molar-refractivity contribution in [2.24, 2.45) is 10.9 Å². The zero-order valence-corrected chi connectivity index (χ0v) is 15.8. The molecule has 1 fully saturated rings. The molecular weight excluding hydrogens is 342 g/mol. The molecule has 2 unspecified atom stereocenters. The van der Waals surface area contributed by atoms with Crippen LogP contribution in [0.2, 0.25) is 0 Å². The summed E-state index contributed by atoms with van der Waals surface area (Å²) < 4.78 is 33.4. The Morgan fingerprint density at radius 1 is 1.48 bits per heavy atom. The summed E-state index contributed by atoms with van der Waals surface area (Å²) >= 11 is 0. The van der Waals surface area contributed by atoms with Crippen LogP contribution < -0.4 is 10.6 Å². The van der Waals surface area contributed by atoms with Gasteiger partial charge >= 0.3 is 0 Å². The van der Waals surface area contributed by atoms with E-state index in [4.69, 9.17) is 9.15 Å². The summed E-state index contributed by atoms with van der Waals surface area (Å²) in [6.45, 7) is 4.92. The molecule has 1 aliphatic rings. The highest BCUT2D eigenvalue weighted by Crippen LogP contribution is 2.12. The van der Waals surface area contributed by atoms with E-state index in [0.717, 1.165) is 31.8 Å². The van der Waals surface area contributed by atoms with Gasteiger partial charge in [-0.15, -0.1) is 0 Å². The topological polar surface area (TPSA) is 92.9 Å². The van der Waals surface area contributed by atoms with E-state index in [2.05, 4.69) is 15.6 Å². The maximum Gasteiger partial charge on any atom is 0.191 e. The molecule has 0 aromatic carbocycles. The van der Waals surface area contributed by atoms with Crippen molar-refractivity contribution in [3.05, 3.63) is 24.2 Å². The molecule has 0 saturated carbocycles. The molecular formula is C17H29N3O4S. The van der Waals surface area contributed by atoms with Gasteiger partial charge in [-0.1, -0.05) is 0 Å². The first-order valence-corrected chi connectivity index (χ1v) is 10.8. The Bertz CT molecular complexity index is 622. The van der Waals surface area contributed by atoms with Gasteiger partial charge in [0.1, 0.15) is 15.6 Å². The molecule has 0 spiro atoms. The van der Waals surface area contributed by atoms with E-state index >= 15 is 0 Å². The maximum atomic E-state index is 11.3. The summed E-state index contributed by atoms with van der Waals surface area (Å²) in [5, 5.41) is 6.60. The lowest BCUT2D eigenvalue weighted by atomic mass is 10.1. The van der Waals surface area contributed by atoms with E-state index in [1.165, 1.54) is 6.26 Å². The molecule has 0 amide bonds. The minimum Gasteiger partial charge on any atom is -0.469 e. The van der Waals surface area contributed by atoms with Crippen LogP contribution in [0.5, 0.6) is 0 Å². The highest BCUT2D eigenvalue weighted by Gasteiger charge is 2.16. The Hall–Kier alpha value is -1.54. The van der Waals surface area contributed by atoms with Gasteiger partial charge in [0.25, 0.3) is 0 Å². The van der Waals surface area contributed by atoms with Gasteiger partial charge in [0.05, 0.1) is 18.6 Å². The number of nitrogens with one attached hydrogen (secondary N) is 2. The molecule has 142 valence electrons. The first kappa shape index (κ1) is 19.8. The Morgan fingerprint density at radius 3 is 2.96 bits per heavy atom. The molecule has 8 heteroatoms. The summed E-state index contributed by atoms with van der Waals surface area (Å²) in [5.41, 5.74) is 0. The minimum atomic E-state index is -2.96. The van der Waals surface area contributed by atoms with E-state index in [1.54, 1.807) is 6.26 Å². The molecule has 2 atom stereocenters. The first-order valence-electron chi connectivity index (χ1n) is 8.75. The average Bonchev–Trinajstić information content (AvgIpc) is 3.23. The Kier molecular flexibility index (Phi) is 7.77. The van der Waals surface area contributed by atoms with Crippen LogP contribution in [0.15, 0.2) is 27.8 Å². The molecule has 2 heterocycles. The second-order valence-electron chi connectivity index (χ2n) is 6.64. The van der Waals surface area contributed by atoms with E-state index in [-0.39, 0.29) is 11.8 Å². The zero-order chi connectivity index (χ0) is 18.1.